The van der Waals surface area contributed by atoms with Crippen LogP contribution in [0.5, 0.6) is 0 Å². The van der Waals surface area contributed by atoms with E-state index in [0.717, 1.165) is 32.1 Å². The van der Waals surface area contributed by atoms with E-state index >= 15 is 0 Å². The van der Waals surface area contributed by atoms with Crippen LogP contribution in [-0.4, -0.2) is 17.3 Å². The smallest absolute Gasteiger partial charge is 0.0781 e. The molecule has 1 aromatic rings. The highest BCUT2D eigenvalue weighted by atomic mass is 16.3. The minimum Gasteiger partial charge on any atom is -0.389 e. The van der Waals surface area contributed by atoms with E-state index in [-0.39, 0.29) is 5.41 Å². The van der Waals surface area contributed by atoms with Gasteiger partial charge >= 0.3 is 0 Å². The van der Waals surface area contributed by atoms with Crippen molar-refractivity contribution in [3.05, 3.63) is 35.4 Å². The van der Waals surface area contributed by atoms with Crippen molar-refractivity contribution in [2.24, 2.45) is 11.7 Å². The molecule has 104 valence electrons. The van der Waals surface area contributed by atoms with Gasteiger partial charge in [-0.3, -0.25) is 0 Å². The average Bonchev–Trinajstić information content (AvgIpc) is 2.83. The van der Waals surface area contributed by atoms with Crippen molar-refractivity contribution < 1.29 is 5.11 Å². The quantitative estimate of drug-likeness (QED) is 0.858. The summed E-state index contributed by atoms with van der Waals surface area (Å²) in [5.74, 6) is 0.343. The van der Waals surface area contributed by atoms with E-state index in [1.54, 1.807) is 0 Å². The molecule has 0 amide bonds. The van der Waals surface area contributed by atoms with Crippen molar-refractivity contribution in [3.8, 4) is 0 Å². The summed E-state index contributed by atoms with van der Waals surface area (Å²) in [6.45, 7) is 2.77. The number of nitrogens with two attached hydrogens (primary N) is 1. The summed E-state index contributed by atoms with van der Waals surface area (Å²) in [6, 6.07) is 8.57. The Bertz CT molecular complexity index is 472. The highest BCUT2D eigenvalue weighted by Crippen LogP contribution is 2.53. The molecule has 0 saturated heterocycles. The van der Waals surface area contributed by atoms with Crippen molar-refractivity contribution in [3.63, 3.8) is 0 Å². The molecule has 0 aliphatic heterocycles. The number of aryl methyl sites for hydroxylation is 1. The summed E-state index contributed by atoms with van der Waals surface area (Å²) in [5, 5.41) is 11.5. The van der Waals surface area contributed by atoms with Crippen LogP contribution < -0.4 is 5.73 Å². The van der Waals surface area contributed by atoms with E-state index in [4.69, 9.17) is 5.73 Å². The van der Waals surface area contributed by atoms with Gasteiger partial charge in [0.25, 0.3) is 0 Å². The molecule has 1 saturated carbocycles. The maximum absolute atomic E-state index is 11.5. The Kier molecular flexibility index (Phi) is 3.18. The van der Waals surface area contributed by atoms with Crippen molar-refractivity contribution >= 4 is 0 Å². The van der Waals surface area contributed by atoms with Crippen molar-refractivity contribution in [2.75, 3.05) is 6.54 Å². The lowest BCUT2D eigenvalue weighted by molar-refractivity contribution is -0.104. The van der Waals surface area contributed by atoms with E-state index in [1.165, 1.54) is 17.5 Å². The largest absolute Gasteiger partial charge is 0.389 e. The fourth-order valence-corrected chi connectivity index (χ4v) is 4.57. The van der Waals surface area contributed by atoms with Crippen LogP contribution in [0.2, 0.25) is 0 Å². The Balaban J connectivity index is 2.10. The second kappa shape index (κ2) is 4.60. The molecule has 0 bridgehead atoms. The third kappa shape index (κ3) is 1.70. The van der Waals surface area contributed by atoms with Gasteiger partial charge in [-0.05, 0) is 42.7 Å². The summed E-state index contributed by atoms with van der Waals surface area (Å²) < 4.78 is 0. The standard InChI is InChI=1S/C17H25NO/c1-13-6-4-5-10-17(13,19)16(12-18)11-9-14-7-2-3-8-15(14)16/h2-3,7-8,13,19H,4-6,9-12,18H2,1H3. The van der Waals surface area contributed by atoms with Gasteiger partial charge < -0.3 is 10.8 Å². The summed E-state index contributed by atoms with van der Waals surface area (Å²) in [4.78, 5) is 0. The molecule has 1 aromatic carbocycles. The molecule has 2 aliphatic rings. The SMILES string of the molecule is CC1CCCCC1(O)C1(CN)CCc2ccccc21. The molecule has 3 rings (SSSR count). The van der Waals surface area contributed by atoms with Crippen LogP contribution in [0.3, 0.4) is 0 Å². The van der Waals surface area contributed by atoms with Gasteiger partial charge in [0.15, 0.2) is 0 Å². The molecule has 0 heterocycles. The van der Waals surface area contributed by atoms with Gasteiger partial charge in [-0.1, -0.05) is 44.0 Å². The number of benzene rings is 1. The zero-order chi connectivity index (χ0) is 13.5. The highest BCUT2D eigenvalue weighted by molar-refractivity contribution is 5.43. The minimum atomic E-state index is -0.618. The van der Waals surface area contributed by atoms with Crippen LogP contribution in [0, 0.1) is 5.92 Å². The molecule has 0 aromatic heterocycles. The van der Waals surface area contributed by atoms with Gasteiger partial charge in [0, 0.05) is 12.0 Å². The lowest BCUT2D eigenvalue weighted by Gasteiger charge is -2.51. The number of fused-ring (bicyclic) bond motifs is 1. The molecular weight excluding hydrogens is 234 g/mol. The molecule has 2 aliphatic carbocycles. The summed E-state index contributed by atoms with van der Waals surface area (Å²) in [7, 11) is 0. The van der Waals surface area contributed by atoms with Crippen molar-refractivity contribution in [1.82, 2.24) is 0 Å². The molecule has 3 atom stereocenters. The molecule has 3 unspecified atom stereocenters. The number of hydrogen-bond donors (Lipinski definition) is 2. The van der Waals surface area contributed by atoms with Gasteiger partial charge in [0.1, 0.15) is 0 Å². The number of rotatable bonds is 2. The second-order valence-corrected chi connectivity index (χ2v) is 6.51. The second-order valence-electron chi connectivity index (χ2n) is 6.51. The van der Waals surface area contributed by atoms with Gasteiger partial charge in [0.05, 0.1) is 5.60 Å². The Labute approximate surface area is 116 Å². The van der Waals surface area contributed by atoms with Crippen molar-refractivity contribution in [1.29, 1.82) is 0 Å². The van der Waals surface area contributed by atoms with Gasteiger partial charge in [0.2, 0.25) is 0 Å². The molecule has 3 N–H and O–H groups in total. The number of hydrogen-bond acceptors (Lipinski definition) is 2. The molecule has 1 fully saturated rings. The van der Waals surface area contributed by atoms with E-state index in [1.807, 2.05) is 0 Å². The van der Waals surface area contributed by atoms with E-state index in [2.05, 4.69) is 31.2 Å². The molecule has 0 spiro atoms. The first-order chi connectivity index (χ1) is 9.14. The third-order valence-electron chi connectivity index (χ3n) is 5.79. The molecule has 2 nitrogen and oxygen atoms in total. The highest BCUT2D eigenvalue weighted by Gasteiger charge is 2.56. The van der Waals surface area contributed by atoms with Crippen LogP contribution in [0.15, 0.2) is 24.3 Å². The van der Waals surface area contributed by atoms with Crippen LogP contribution in [0.4, 0.5) is 0 Å². The monoisotopic (exact) mass is 259 g/mol. The van der Waals surface area contributed by atoms with E-state index in [9.17, 15) is 5.11 Å². The zero-order valence-corrected chi connectivity index (χ0v) is 11.9. The van der Waals surface area contributed by atoms with Crippen LogP contribution in [0.25, 0.3) is 0 Å². The fraction of sp³-hybridized carbons (Fsp3) is 0.647. The fourth-order valence-electron chi connectivity index (χ4n) is 4.57. The van der Waals surface area contributed by atoms with Crippen LogP contribution in [0.1, 0.15) is 50.2 Å². The predicted octanol–water partition coefficient (Wildman–Crippen LogP) is 2.77. The third-order valence-corrected chi connectivity index (χ3v) is 5.79. The van der Waals surface area contributed by atoms with E-state index in [0.29, 0.717) is 12.5 Å². The zero-order valence-electron chi connectivity index (χ0n) is 11.9. The summed E-state index contributed by atoms with van der Waals surface area (Å²) in [5.41, 5.74) is 8.07. The topological polar surface area (TPSA) is 46.2 Å². The lowest BCUT2D eigenvalue weighted by Crippen LogP contribution is -2.59. The molecule has 19 heavy (non-hydrogen) atoms. The Morgan fingerprint density at radius 3 is 2.79 bits per heavy atom. The van der Waals surface area contributed by atoms with Gasteiger partial charge in [-0.25, -0.2) is 0 Å². The summed E-state index contributed by atoms with van der Waals surface area (Å²) in [6.07, 6.45) is 6.46. The van der Waals surface area contributed by atoms with Gasteiger partial charge in [-0.15, -0.1) is 0 Å². The maximum atomic E-state index is 11.5. The van der Waals surface area contributed by atoms with Gasteiger partial charge in [-0.2, -0.15) is 0 Å². The Morgan fingerprint density at radius 1 is 1.26 bits per heavy atom. The first kappa shape index (κ1) is 13.1. The van der Waals surface area contributed by atoms with Crippen molar-refractivity contribution in [2.45, 2.75) is 56.5 Å². The molecule has 0 radical (unpaired) electrons. The Morgan fingerprint density at radius 2 is 2.05 bits per heavy atom. The predicted molar refractivity (Wildman–Crippen MR) is 78.1 cm³/mol. The average molecular weight is 259 g/mol. The normalized spacial score (nSPS) is 38.2. The maximum Gasteiger partial charge on any atom is 0.0781 e. The van der Waals surface area contributed by atoms with Crippen LogP contribution >= 0.6 is 0 Å². The van der Waals surface area contributed by atoms with Crippen LogP contribution in [-0.2, 0) is 11.8 Å². The minimum absolute atomic E-state index is 0.219. The first-order valence-corrected chi connectivity index (χ1v) is 7.65. The first-order valence-electron chi connectivity index (χ1n) is 7.65. The Hall–Kier alpha value is -0.860. The number of aliphatic hydroxyl groups is 1. The molecule has 2 heteroatoms. The van der Waals surface area contributed by atoms with E-state index < -0.39 is 5.60 Å². The lowest BCUT2D eigenvalue weighted by atomic mass is 9.58. The molecular formula is C17H25NO. The summed E-state index contributed by atoms with van der Waals surface area (Å²) >= 11 is 0.